The number of rotatable bonds is 1. The smallest absolute Gasteiger partial charge is 0.543 e. The van der Waals surface area contributed by atoms with Gasteiger partial charge in [-0.1, -0.05) is 5.21 Å². The van der Waals surface area contributed by atoms with Crippen molar-refractivity contribution in [3.63, 3.8) is 0 Å². The maximum absolute atomic E-state index is 10.2. The summed E-state index contributed by atoms with van der Waals surface area (Å²) in [5.41, 5.74) is -1.06. The molecular formula is C5N5NaO2. The molecule has 0 aliphatic rings. The second kappa shape index (κ2) is 4.58. The third-order valence-corrected chi connectivity index (χ3v) is 1.06. The maximum atomic E-state index is 10.2. The number of aromatic carboxylic acids is 1. The van der Waals surface area contributed by atoms with Crippen LogP contribution in [0.15, 0.2) is 0 Å². The molecule has 7 nitrogen and oxygen atoms in total. The monoisotopic (exact) mass is 185 g/mol. The van der Waals surface area contributed by atoms with Gasteiger partial charge < -0.3 is 9.90 Å². The van der Waals surface area contributed by atoms with E-state index < -0.39 is 17.4 Å². The van der Waals surface area contributed by atoms with Crippen LogP contribution in [0.25, 0.3) is 0 Å². The van der Waals surface area contributed by atoms with Gasteiger partial charge in [-0.05, 0) is 0 Å². The van der Waals surface area contributed by atoms with Crippen LogP contribution in [0.4, 0.5) is 0 Å². The van der Waals surface area contributed by atoms with E-state index in [-0.39, 0.29) is 29.6 Å². The van der Waals surface area contributed by atoms with Gasteiger partial charge in [0.15, 0.2) is 5.69 Å². The van der Waals surface area contributed by atoms with Crippen molar-refractivity contribution >= 4 is 5.97 Å². The van der Waals surface area contributed by atoms with E-state index in [1.807, 2.05) is 0 Å². The van der Waals surface area contributed by atoms with E-state index in [1.165, 1.54) is 12.3 Å². The van der Waals surface area contributed by atoms with Crippen molar-refractivity contribution in [3.8, 4) is 12.3 Å². The van der Waals surface area contributed by atoms with Crippen LogP contribution >= 0.6 is 0 Å². The Kier molecular flexibility index (Phi) is 4.08. The van der Waals surface area contributed by atoms with E-state index in [1.54, 1.807) is 0 Å². The van der Waals surface area contributed by atoms with E-state index in [0.717, 1.165) is 0 Å². The first kappa shape index (κ1) is 11.6. The Morgan fingerprint density at radius 1 is 1.54 bits per heavy atom. The van der Waals surface area contributed by atoms with E-state index in [4.69, 9.17) is 10.5 Å². The topological polar surface area (TPSA) is 118 Å². The first-order valence-electron chi connectivity index (χ1n) is 2.68. The molecule has 0 unspecified atom stereocenters. The number of carbonyl (C=O) groups excluding carboxylic acids is 1. The molecular weight excluding hydrogens is 185 g/mol. The molecule has 0 aliphatic carbocycles. The Morgan fingerprint density at radius 3 is 2.54 bits per heavy atom. The van der Waals surface area contributed by atoms with Crippen molar-refractivity contribution in [1.29, 1.82) is 10.5 Å². The van der Waals surface area contributed by atoms with Gasteiger partial charge >= 0.3 is 29.6 Å². The summed E-state index contributed by atoms with van der Waals surface area (Å²) in [6, 6.07) is 1.47. The molecule has 0 aliphatic heterocycles. The Balaban J connectivity index is 0.00000144. The number of hydrogen-bond donors (Lipinski definition) is 0. The SMILES string of the molecule is N#Cc1c(C(=O)[O-])nnn1C#N.[Na+]. The molecule has 13 heavy (non-hydrogen) atoms. The zero-order chi connectivity index (χ0) is 9.14. The van der Waals surface area contributed by atoms with Gasteiger partial charge in [0.05, 0.1) is 5.97 Å². The van der Waals surface area contributed by atoms with Gasteiger partial charge in [0.1, 0.15) is 11.8 Å². The number of aromatic nitrogens is 3. The number of carboxylic acids is 1. The Bertz CT molecular complexity index is 412. The fraction of sp³-hybridized carbons (Fsp3) is 0. The molecule has 0 atom stereocenters. The molecule has 0 saturated carbocycles. The summed E-state index contributed by atoms with van der Waals surface area (Å²) in [6.07, 6.45) is 1.45. The predicted molar refractivity (Wildman–Crippen MR) is 30.1 cm³/mol. The van der Waals surface area contributed by atoms with E-state index >= 15 is 0 Å². The van der Waals surface area contributed by atoms with Crippen LogP contribution in [0.2, 0.25) is 0 Å². The predicted octanol–water partition coefficient (Wildman–Crippen LogP) is -5.15. The second-order valence-electron chi connectivity index (χ2n) is 1.70. The average Bonchev–Trinajstić information content (AvgIpc) is 2.46. The van der Waals surface area contributed by atoms with Crippen molar-refractivity contribution in [3.05, 3.63) is 11.4 Å². The van der Waals surface area contributed by atoms with Gasteiger partial charge in [0, 0.05) is 0 Å². The van der Waals surface area contributed by atoms with Crippen LogP contribution in [-0.4, -0.2) is 21.0 Å². The zero-order valence-electron chi connectivity index (χ0n) is 6.55. The molecule has 8 heteroatoms. The summed E-state index contributed by atoms with van der Waals surface area (Å²) in [4.78, 5) is 10.2. The molecule has 1 aromatic rings. The second-order valence-corrected chi connectivity index (χ2v) is 1.70. The molecule has 0 spiro atoms. The maximum Gasteiger partial charge on any atom is 1.00 e. The molecule has 1 aromatic heterocycles. The van der Waals surface area contributed by atoms with Crippen molar-refractivity contribution in [2.24, 2.45) is 0 Å². The minimum Gasteiger partial charge on any atom is -0.543 e. The van der Waals surface area contributed by atoms with Crippen LogP contribution in [-0.2, 0) is 0 Å². The van der Waals surface area contributed by atoms with Gasteiger partial charge in [0.25, 0.3) is 0 Å². The molecule has 58 valence electrons. The summed E-state index contributed by atoms with van der Waals surface area (Å²) in [5, 5.41) is 33.0. The molecule has 0 N–H and O–H groups in total. The standard InChI is InChI=1S/C5HN5O2.Na/c6-1-3-4(5(11)12)8-9-10(3)2-7;/h(H,11,12);/q;+1/p-1. The minimum absolute atomic E-state index is 0. The third kappa shape index (κ3) is 2.04. The molecule has 0 fully saturated rings. The van der Waals surface area contributed by atoms with Gasteiger partial charge in [-0.25, -0.2) is 0 Å². The van der Waals surface area contributed by atoms with Crippen LogP contribution in [0.3, 0.4) is 0 Å². The average molecular weight is 185 g/mol. The quantitative estimate of drug-likeness (QED) is 0.403. The van der Waals surface area contributed by atoms with Crippen molar-refractivity contribution < 1.29 is 39.5 Å². The van der Waals surface area contributed by atoms with Gasteiger partial charge in [-0.3, -0.25) is 0 Å². The Hall–Kier alpha value is -1.41. The largest absolute Gasteiger partial charge is 1.00 e. The fourth-order valence-corrected chi connectivity index (χ4v) is 0.590. The Morgan fingerprint density at radius 2 is 2.15 bits per heavy atom. The summed E-state index contributed by atoms with van der Waals surface area (Å²) >= 11 is 0. The van der Waals surface area contributed by atoms with Crippen molar-refractivity contribution in [1.82, 2.24) is 15.0 Å². The summed E-state index contributed by atoms with van der Waals surface area (Å²) < 4.78 is 0.505. The van der Waals surface area contributed by atoms with Crippen molar-refractivity contribution in [2.75, 3.05) is 0 Å². The van der Waals surface area contributed by atoms with E-state index in [2.05, 4.69) is 10.3 Å². The number of carbonyl (C=O) groups is 1. The first-order chi connectivity index (χ1) is 5.70. The number of nitrogens with zero attached hydrogens (tertiary/aromatic N) is 5. The first-order valence-corrected chi connectivity index (χ1v) is 2.68. The molecule has 0 amide bonds. The molecule has 1 rings (SSSR count). The molecule has 0 aromatic carbocycles. The molecule has 0 radical (unpaired) electrons. The van der Waals surface area contributed by atoms with Gasteiger partial charge in [-0.2, -0.15) is 10.5 Å². The number of carboxylic acid groups (broad SMARTS) is 1. The number of nitriles is 2. The molecule has 0 saturated heterocycles. The molecule has 1 heterocycles. The zero-order valence-corrected chi connectivity index (χ0v) is 8.55. The normalized spacial score (nSPS) is 7.85. The van der Waals surface area contributed by atoms with Gasteiger partial charge in [0.2, 0.25) is 6.19 Å². The minimum atomic E-state index is -1.63. The fourth-order valence-electron chi connectivity index (χ4n) is 0.590. The summed E-state index contributed by atoms with van der Waals surface area (Å²) in [6.45, 7) is 0. The number of hydrogen-bond acceptors (Lipinski definition) is 6. The summed E-state index contributed by atoms with van der Waals surface area (Å²) in [5.74, 6) is -1.63. The van der Waals surface area contributed by atoms with Crippen LogP contribution in [0.1, 0.15) is 16.2 Å². The summed E-state index contributed by atoms with van der Waals surface area (Å²) in [7, 11) is 0. The van der Waals surface area contributed by atoms with Crippen LogP contribution in [0, 0.1) is 22.8 Å². The van der Waals surface area contributed by atoms with Crippen LogP contribution < -0.4 is 34.7 Å². The van der Waals surface area contributed by atoms with Crippen LogP contribution in [0.5, 0.6) is 0 Å². The Labute approximate surface area is 94.5 Å². The van der Waals surface area contributed by atoms with E-state index in [9.17, 15) is 9.90 Å². The van der Waals surface area contributed by atoms with Gasteiger partial charge in [-0.15, -0.1) is 9.78 Å². The molecule has 0 bridgehead atoms. The third-order valence-electron chi connectivity index (χ3n) is 1.06. The van der Waals surface area contributed by atoms with E-state index in [0.29, 0.717) is 4.68 Å². The van der Waals surface area contributed by atoms with Crippen molar-refractivity contribution in [2.45, 2.75) is 0 Å².